The molecule has 1 aliphatic heterocycles. The van der Waals surface area contributed by atoms with Crippen LogP contribution in [0.3, 0.4) is 0 Å². The van der Waals surface area contributed by atoms with Crippen LogP contribution in [0.2, 0.25) is 0 Å². The number of hydrogen-bond acceptors (Lipinski definition) is 5. The molecule has 0 fully saturated rings. The number of benzene rings is 1. The van der Waals surface area contributed by atoms with Gasteiger partial charge in [0.25, 0.3) is 5.91 Å². The SMILES string of the molecule is CN(CC1COc2ccccc2O1)C(=O)c1ccc(-c2ccsc2)nc1. The van der Waals surface area contributed by atoms with Crippen molar-refractivity contribution in [1.29, 1.82) is 0 Å². The maximum atomic E-state index is 12.7. The summed E-state index contributed by atoms with van der Waals surface area (Å²) in [4.78, 5) is 18.7. The van der Waals surface area contributed by atoms with E-state index in [1.54, 1.807) is 29.5 Å². The van der Waals surface area contributed by atoms with Crippen molar-refractivity contribution in [3.8, 4) is 22.8 Å². The Morgan fingerprint density at radius 3 is 2.81 bits per heavy atom. The number of aromatic nitrogens is 1. The summed E-state index contributed by atoms with van der Waals surface area (Å²) in [5, 5.41) is 4.04. The number of rotatable bonds is 4. The van der Waals surface area contributed by atoms with Crippen molar-refractivity contribution in [1.82, 2.24) is 9.88 Å². The van der Waals surface area contributed by atoms with Crippen molar-refractivity contribution < 1.29 is 14.3 Å². The van der Waals surface area contributed by atoms with E-state index in [0.717, 1.165) is 17.0 Å². The summed E-state index contributed by atoms with van der Waals surface area (Å²) in [5.74, 6) is 1.37. The van der Waals surface area contributed by atoms with E-state index >= 15 is 0 Å². The molecule has 1 aliphatic rings. The number of hydrogen-bond donors (Lipinski definition) is 0. The van der Waals surface area contributed by atoms with Gasteiger partial charge in [-0.2, -0.15) is 11.3 Å². The molecule has 132 valence electrons. The van der Waals surface area contributed by atoms with Gasteiger partial charge in [-0.05, 0) is 35.7 Å². The number of carbonyl (C=O) groups excluding carboxylic acids is 1. The summed E-state index contributed by atoms with van der Waals surface area (Å²) < 4.78 is 11.6. The molecule has 1 atom stereocenters. The summed E-state index contributed by atoms with van der Waals surface area (Å²) in [6.45, 7) is 0.865. The number of ether oxygens (including phenoxy) is 2. The second-order valence-corrected chi connectivity index (χ2v) is 6.91. The Labute approximate surface area is 155 Å². The van der Waals surface area contributed by atoms with Crippen LogP contribution in [0.4, 0.5) is 0 Å². The Morgan fingerprint density at radius 1 is 1.23 bits per heavy atom. The maximum Gasteiger partial charge on any atom is 0.255 e. The van der Waals surface area contributed by atoms with Gasteiger partial charge in [0.05, 0.1) is 17.8 Å². The lowest BCUT2D eigenvalue weighted by Gasteiger charge is -2.29. The molecule has 0 bridgehead atoms. The van der Waals surface area contributed by atoms with Gasteiger partial charge in [0.2, 0.25) is 0 Å². The van der Waals surface area contributed by atoms with Crippen LogP contribution in [0.25, 0.3) is 11.3 Å². The van der Waals surface area contributed by atoms with Crippen molar-refractivity contribution in [2.75, 3.05) is 20.2 Å². The molecule has 1 aromatic carbocycles. The number of pyridine rings is 1. The second kappa shape index (κ2) is 7.17. The molecule has 0 N–H and O–H groups in total. The van der Waals surface area contributed by atoms with Crippen LogP contribution in [0.15, 0.2) is 59.4 Å². The van der Waals surface area contributed by atoms with Crippen LogP contribution in [-0.4, -0.2) is 42.1 Å². The summed E-state index contributed by atoms with van der Waals surface area (Å²) in [7, 11) is 1.76. The highest BCUT2D eigenvalue weighted by Gasteiger charge is 2.24. The van der Waals surface area contributed by atoms with E-state index in [2.05, 4.69) is 4.98 Å². The van der Waals surface area contributed by atoms with Gasteiger partial charge in [0.15, 0.2) is 17.6 Å². The zero-order valence-corrected chi connectivity index (χ0v) is 15.1. The number of para-hydroxylation sites is 2. The molecule has 6 heteroatoms. The van der Waals surface area contributed by atoms with Gasteiger partial charge in [-0.3, -0.25) is 9.78 Å². The molecule has 0 aliphatic carbocycles. The van der Waals surface area contributed by atoms with Crippen LogP contribution < -0.4 is 9.47 Å². The number of thiophene rings is 1. The van der Waals surface area contributed by atoms with E-state index in [1.807, 2.05) is 53.2 Å². The fraction of sp³-hybridized carbons (Fsp3) is 0.200. The number of amides is 1. The largest absolute Gasteiger partial charge is 0.486 e. The van der Waals surface area contributed by atoms with Gasteiger partial charge >= 0.3 is 0 Å². The molecule has 1 unspecified atom stereocenters. The Bertz CT molecular complexity index is 894. The minimum atomic E-state index is -0.197. The molecule has 4 rings (SSSR count). The predicted molar refractivity (Wildman–Crippen MR) is 101 cm³/mol. The van der Waals surface area contributed by atoms with Gasteiger partial charge in [0.1, 0.15) is 6.61 Å². The Kier molecular flexibility index (Phi) is 4.58. The molecular weight excluding hydrogens is 348 g/mol. The highest BCUT2D eigenvalue weighted by molar-refractivity contribution is 7.08. The van der Waals surface area contributed by atoms with E-state index in [0.29, 0.717) is 24.5 Å². The molecule has 0 spiro atoms. The smallest absolute Gasteiger partial charge is 0.255 e. The number of carbonyl (C=O) groups is 1. The highest BCUT2D eigenvalue weighted by Crippen LogP contribution is 2.31. The lowest BCUT2D eigenvalue weighted by molar-refractivity contribution is 0.0520. The fourth-order valence-electron chi connectivity index (χ4n) is 2.86. The van der Waals surface area contributed by atoms with Crippen LogP contribution in [0.5, 0.6) is 11.5 Å². The molecule has 26 heavy (non-hydrogen) atoms. The first kappa shape index (κ1) is 16.6. The third-order valence-electron chi connectivity index (χ3n) is 4.22. The minimum absolute atomic E-state index is 0.0863. The van der Waals surface area contributed by atoms with Crippen LogP contribution in [0, 0.1) is 0 Å². The second-order valence-electron chi connectivity index (χ2n) is 6.13. The average Bonchev–Trinajstić information content (AvgIpc) is 3.22. The van der Waals surface area contributed by atoms with Gasteiger partial charge in [-0.15, -0.1) is 0 Å². The summed E-state index contributed by atoms with van der Waals surface area (Å²) in [5.41, 5.74) is 2.49. The molecule has 2 aromatic heterocycles. The molecule has 0 radical (unpaired) electrons. The van der Waals surface area contributed by atoms with E-state index < -0.39 is 0 Å². The van der Waals surface area contributed by atoms with E-state index in [-0.39, 0.29) is 12.0 Å². The third kappa shape index (κ3) is 3.41. The van der Waals surface area contributed by atoms with Gasteiger partial charge < -0.3 is 14.4 Å². The Balaban J connectivity index is 1.40. The van der Waals surface area contributed by atoms with Crippen molar-refractivity contribution in [3.05, 3.63) is 65.0 Å². The predicted octanol–water partition coefficient (Wildman–Crippen LogP) is 3.72. The molecule has 1 amide bonds. The summed E-state index contributed by atoms with van der Waals surface area (Å²) in [6, 6.07) is 13.3. The first-order valence-corrected chi connectivity index (χ1v) is 9.27. The van der Waals surface area contributed by atoms with Crippen molar-refractivity contribution in [2.24, 2.45) is 0 Å². The van der Waals surface area contributed by atoms with Crippen molar-refractivity contribution >= 4 is 17.2 Å². The first-order valence-electron chi connectivity index (χ1n) is 8.33. The Morgan fingerprint density at radius 2 is 2.08 bits per heavy atom. The average molecular weight is 366 g/mol. The zero-order chi connectivity index (χ0) is 17.9. The lowest BCUT2D eigenvalue weighted by Crippen LogP contribution is -2.41. The van der Waals surface area contributed by atoms with Gasteiger partial charge in [-0.25, -0.2) is 0 Å². The minimum Gasteiger partial charge on any atom is -0.486 e. The zero-order valence-electron chi connectivity index (χ0n) is 14.3. The normalized spacial score (nSPS) is 15.5. The molecule has 3 heterocycles. The summed E-state index contributed by atoms with van der Waals surface area (Å²) >= 11 is 1.62. The van der Waals surface area contributed by atoms with E-state index in [9.17, 15) is 4.79 Å². The number of fused-ring (bicyclic) bond motifs is 1. The number of nitrogens with zero attached hydrogens (tertiary/aromatic N) is 2. The monoisotopic (exact) mass is 366 g/mol. The summed E-state index contributed by atoms with van der Waals surface area (Å²) in [6.07, 6.45) is 1.43. The highest BCUT2D eigenvalue weighted by atomic mass is 32.1. The molecule has 0 saturated heterocycles. The van der Waals surface area contributed by atoms with E-state index in [4.69, 9.17) is 9.47 Å². The van der Waals surface area contributed by atoms with Gasteiger partial charge in [-0.1, -0.05) is 12.1 Å². The lowest BCUT2D eigenvalue weighted by atomic mass is 10.1. The van der Waals surface area contributed by atoms with Crippen LogP contribution >= 0.6 is 11.3 Å². The third-order valence-corrected chi connectivity index (χ3v) is 4.90. The molecule has 5 nitrogen and oxygen atoms in total. The topological polar surface area (TPSA) is 51.7 Å². The quantitative estimate of drug-likeness (QED) is 0.706. The van der Waals surface area contributed by atoms with Crippen LogP contribution in [0.1, 0.15) is 10.4 Å². The number of likely N-dealkylation sites (N-methyl/N-ethyl adjacent to an activating group) is 1. The maximum absolute atomic E-state index is 12.7. The molecule has 0 saturated carbocycles. The molecular formula is C20H18N2O3S. The van der Waals surface area contributed by atoms with Crippen molar-refractivity contribution in [2.45, 2.75) is 6.10 Å². The van der Waals surface area contributed by atoms with Gasteiger partial charge in [0, 0.05) is 24.2 Å². The van der Waals surface area contributed by atoms with Crippen LogP contribution in [-0.2, 0) is 0 Å². The fourth-order valence-corrected chi connectivity index (χ4v) is 3.51. The van der Waals surface area contributed by atoms with Crippen molar-refractivity contribution in [3.63, 3.8) is 0 Å². The van der Waals surface area contributed by atoms with E-state index in [1.165, 1.54) is 0 Å². The Hall–Kier alpha value is -2.86. The standard InChI is InChI=1S/C20H18N2O3S/c1-22(11-16-12-24-18-4-2-3-5-19(18)25-16)20(23)14-6-7-17(21-10-14)15-8-9-26-13-15/h2-10,13,16H,11-12H2,1H3. The molecule has 3 aromatic rings. The first-order chi connectivity index (χ1) is 12.7.